The van der Waals surface area contributed by atoms with Gasteiger partial charge in [-0.1, -0.05) is 15.9 Å². The number of hydrogen-bond acceptors (Lipinski definition) is 3. The van der Waals surface area contributed by atoms with Gasteiger partial charge in [-0.2, -0.15) is 0 Å². The van der Waals surface area contributed by atoms with Crippen molar-refractivity contribution in [1.29, 1.82) is 0 Å². The lowest BCUT2D eigenvalue weighted by atomic mass is 10.2. The van der Waals surface area contributed by atoms with Crippen molar-refractivity contribution in [2.24, 2.45) is 0 Å². The molecule has 0 aliphatic carbocycles. The molecule has 1 aliphatic rings. The molecule has 0 saturated carbocycles. The molecule has 0 aromatic heterocycles. The van der Waals surface area contributed by atoms with E-state index < -0.39 is 12.0 Å². The van der Waals surface area contributed by atoms with Crippen LogP contribution in [0.25, 0.3) is 0 Å². The summed E-state index contributed by atoms with van der Waals surface area (Å²) in [5.74, 6) is -0.552. The third kappa shape index (κ3) is 3.27. The highest BCUT2D eigenvalue weighted by molar-refractivity contribution is 9.10. The van der Waals surface area contributed by atoms with Crippen molar-refractivity contribution >= 4 is 45.4 Å². The first kappa shape index (κ1) is 15.2. The summed E-state index contributed by atoms with van der Waals surface area (Å²) in [6.45, 7) is 3.76. The fraction of sp³-hybridized carbons (Fsp3) is 0.385. The van der Waals surface area contributed by atoms with Gasteiger partial charge in [0.1, 0.15) is 6.04 Å². The molecule has 1 saturated heterocycles. The minimum Gasteiger partial charge on any atom is -0.480 e. The topological polar surface area (TPSA) is 69.6 Å². The highest BCUT2D eigenvalue weighted by atomic mass is 79.9. The summed E-state index contributed by atoms with van der Waals surface area (Å²) in [6, 6.07) is 4.40. The van der Waals surface area contributed by atoms with Gasteiger partial charge in [-0.3, -0.25) is 4.90 Å². The molecular weight excluding hydrogens is 344 g/mol. The van der Waals surface area contributed by atoms with Gasteiger partial charge in [0, 0.05) is 15.9 Å². The average molecular weight is 359 g/mol. The minimum atomic E-state index is -0.970. The van der Waals surface area contributed by atoms with Gasteiger partial charge in [0.2, 0.25) is 0 Å². The van der Waals surface area contributed by atoms with Crippen molar-refractivity contribution in [2.75, 3.05) is 11.1 Å². The van der Waals surface area contributed by atoms with Crippen LogP contribution < -0.4 is 5.32 Å². The zero-order chi connectivity index (χ0) is 14.9. The lowest BCUT2D eigenvalue weighted by molar-refractivity contribution is -0.141. The summed E-state index contributed by atoms with van der Waals surface area (Å²) in [5, 5.41) is 11.8. The predicted molar refractivity (Wildman–Crippen MR) is 83.1 cm³/mol. The second-order valence-electron chi connectivity index (χ2n) is 4.64. The van der Waals surface area contributed by atoms with Gasteiger partial charge < -0.3 is 10.4 Å². The van der Waals surface area contributed by atoms with E-state index in [0.717, 1.165) is 10.0 Å². The Balaban J connectivity index is 2.16. The molecule has 2 rings (SSSR count). The van der Waals surface area contributed by atoms with Crippen LogP contribution in [0.2, 0.25) is 0 Å². The van der Waals surface area contributed by atoms with Gasteiger partial charge in [0.25, 0.3) is 0 Å². The predicted octanol–water partition coefficient (Wildman–Crippen LogP) is 3.14. The Kier molecular flexibility index (Phi) is 4.59. The number of nitrogens with zero attached hydrogens (tertiary/aromatic N) is 1. The summed E-state index contributed by atoms with van der Waals surface area (Å²) < 4.78 is 0.867. The number of nitrogens with one attached hydrogen (secondary N) is 1. The van der Waals surface area contributed by atoms with Gasteiger partial charge in [-0.25, -0.2) is 9.59 Å². The van der Waals surface area contributed by atoms with Crippen LogP contribution >= 0.6 is 27.7 Å². The lowest BCUT2D eigenvalue weighted by Crippen LogP contribution is -2.46. The number of anilines is 1. The normalized spacial score (nSPS) is 21.9. The van der Waals surface area contributed by atoms with Crippen LogP contribution in [0.15, 0.2) is 22.7 Å². The van der Waals surface area contributed by atoms with Crippen molar-refractivity contribution in [3.05, 3.63) is 28.2 Å². The van der Waals surface area contributed by atoms with E-state index >= 15 is 0 Å². The standard InChI is InChI=1S/C13H15BrN2O3S/c1-7-3-9(14)5-10(4-7)15-13(19)16-8(2)20-6-11(16)12(17)18/h3-5,8,11H,6H2,1-2H3,(H,15,19)(H,17,18). The number of carbonyl (C=O) groups is 2. The molecule has 0 spiro atoms. The van der Waals surface area contributed by atoms with Crippen LogP contribution in [-0.4, -0.2) is 39.2 Å². The number of carbonyl (C=O) groups excluding carboxylic acids is 1. The van der Waals surface area contributed by atoms with E-state index in [-0.39, 0.29) is 11.4 Å². The van der Waals surface area contributed by atoms with Crippen molar-refractivity contribution in [1.82, 2.24) is 4.90 Å². The Morgan fingerprint density at radius 1 is 1.45 bits per heavy atom. The van der Waals surface area contributed by atoms with E-state index in [0.29, 0.717) is 11.4 Å². The zero-order valence-electron chi connectivity index (χ0n) is 11.1. The summed E-state index contributed by atoms with van der Waals surface area (Å²) in [4.78, 5) is 24.8. The van der Waals surface area contributed by atoms with E-state index in [2.05, 4.69) is 21.2 Å². The summed E-state index contributed by atoms with van der Waals surface area (Å²) >= 11 is 4.83. The van der Waals surface area contributed by atoms with Crippen LogP contribution in [0, 0.1) is 6.92 Å². The van der Waals surface area contributed by atoms with Crippen LogP contribution in [0.4, 0.5) is 10.5 Å². The van der Waals surface area contributed by atoms with Crippen LogP contribution in [0.1, 0.15) is 12.5 Å². The first-order valence-corrected chi connectivity index (χ1v) is 7.93. The Bertz CT molecular complexity index is 532. The quantitative estimate of drug-likeness (QED) is 0.851. The van der Waals surface area contributed by atoms with E-state index in [1.165, 1.54) is 16.7 Å². The molecule has 7 heteroatoms. The zero-order valence-corrected chi connectivity index (χ0v) is 13.5. The molecule has 1 aromatic carbocycles. The number of benzene rings is 1. The molecule has 2 unspecified atom stereocenters. The van der Waals surface area contributed by atoms with Crippen LogP contribution in [-0.2, 0) is 4.79 Å². The maximum Gasteiger partial charge on any atom is 0.327 e. The Morgan fingerprint density at radius 3 is 2.75 bits per heavy atom. The molecule has 2 N–H and O–H groups in total. The number of carboxylic acids is 1. The van der Waals surface area contributed by atoms with E-state index in [9.17, 15) is 9.59 Å². The van der Waals surface area contributed by atoms with Crippen molar-refractivity contribution in [3.63, 3.8) is 0 Å². The molecule has 0 radical (unpaired) electrons. The molecule has 1 aliphatic heterocycles. The van der Waals surface area contributed by atoms with Crippen molar-refractivity contribution in [3.8, 4) is 0 Å². The second-order valence-corrected chi connectivity index (χ2v) is 6.91. The Labute approximate surface area is 129 Å². The highest BCUT2D eigenvalue weighted by Gasteiger charge is 2.39. The fourth-order valence-corrected chi connectivity index (χ4v) is 3.91. The molecule has 1 heterocycles. The number of thioether (sulfide) groups is 1. The van der Waals surface area contributed by atoms with E-state index in [1.807, 2.05) is 26.0 Å². The van der Waals surface area contributed by atoms with Gasteiger partial charge >= 0.3 is 12.0 Å². The number of carboxylic acid groups (broad SMARTS) is 1. The minimum absolute atomic E-state index is 0.149. The molecule has 0 bridgehead atoms. The maximum absolute atomic E-state index is 12.3. The smallest absolute Gasteiger partial charge is 0.327 e. The number of aryl methyl sites for hydroxylation is 1. The second kappa shape index (κ2) is 6.05. The molecule has 20 heavy (non-hydrogen) atoms. The maximum atomic E-state index is 12.3. The first-order valence-electron chi connectivity index (χ1n) is 6.09. The third-order valence-corrected chi connectivity index (χ3v) is 4.71. The molecule has 1 fully saturated rings. The number of halogens is 1. The van der Waals surface area contributed by atoms with Gasteiger partial charge in [0.15, 0.2) is 0 Å². The molecule has 5 nitrogen and oxygen atoms in total. The van der Waals surface area contributed by atoms with Crippen molar-refractivity contribution < 1.29 is 14.7 Å². The first-order chi connectivity index (χ1) is 9.38. The SMILES string of the molecule is Cc1cc(Br)cc(NC(=O)N2C(C)SCC2C(=O)O)c1. The molecule has 2 atom stereocenters. The number of aliphatic carboxylic acids is 1. The van der Waals surface area contributed by atoms with Gasteiger partial charge in [-0.15, -0.1) is 11.8 Å². The number of urea groups is 1. The fourth-order valence-electron chi connectivity index (χ4n) is 2.14. The Hall–Kier alpha value is -1.21. The molecule has 1 aromatic rings. The number of amides is 2. The number of rotatable bonds is 2. The van der Waals surface area contributed by atoms with Crippen LogP contribution in [0.3, 0.4) is 0 Å². The monoisotopic (exact) mass is 358 g/mol. The number of hydrogen-bond donors (Lipinski definition) is 2. The summed E-state index contributed by atoms with van der Waals surface area (Å²) in [6.07, 6.45) is 0. The highest BCUT2D eigenvalue weighted by Crippen LogP contribution is 2.29. The molecular formula is C13H15BrN2O3S. The molecule has 2 amide bonds. The largest absolute Gasteiger partial charge is 0.480 e. The van der Waals surface area contributed by atoms with Crippen LogP contribution in [0.5, 0.6) is 0 Å². The lowest BCUT2D eigenvalue weighted by Gasteiger charge is -2.25. The third-order valence-electron chi connectivity index (χ3n) is 3.04. The van der Waals surface area contributed by atoms with E-state index in [1.54, 1.807) is 6.07 Å². The van der Waals surface area contributed by atoms with E-state index in [4.69, 9.17) is 5.11 Å². The summed E-state index contributed by atoms with van der Waals surface area (Å²) in [5.41, 5.74) is 1.66. The molecule has 108 valence electrons. The summed E-state index contributed by atoms with van der Waals surface area (Å²) in [7, 11) is 0. The Morgan fingerprint density at radius 2 is 2.15 bits per heavy atom. The van der Waals surface area contributed by atoms with Gasteiger partial charge in [-0.05, 0) is 37.6 Å². The average Bonchev–Trinajstić information content (AvgIpc) is 2.69. The van der Waals surface area contributed by atoms with Crippen molar-refractivity contribution in [2.45, 2.75) is 25.3 Å². The van der Waals surface area contributed by atoms with Gasteiger partial charge in [0.05, 0.1) is 5.37 Å².